The summed E-state index contributed by atoms with van der Waals surface area (Å²) in [7, 11) is 1.78. The number of amides is 1. The minimum absolute atomic E-state index is 0.0197. The number of anilines is 1. The van der Waals surface area contributed by atoms with Gasteiger partial charge in [0.15, 0.2) is 0 Å². The highest BCUT2D eigenvalue weighted by Gasteiger charge is 2.33. The number of benzene rings is 1. The summed E-state index contributed by atoms with van der Waals surface area (Å²) >= 11 is 0. The highest BCUT2D eigenvalue weighted by molar-refractivity contribution is 6.05. The lowest BCUT2D eigenvalue weighted by Crippen LogP contribution is -2.28. The Labute approximate surface area is 83.5 Å². The summed E-state index contributed by atoms with van der Waals surface area (Å²) in [5.41, 5.74) is 10.1. The van der Waals surface area contributed by atoms with E-state index in [4.69, 9.17) is 5.73 Å². The zero-order chi connectivity index (χ0) is 10.5. The van der Waals surface area contributed by atoms with Crippen LogP contribution in [0, 0.1) is 13.8 Å². The Bertz CT molecular complexity index is 412. The second kappa shape index (κ2) is 2.82. The topological polar surface area (TPSA) is 46.3 Å². The van der Waals surface area contributed by atoms with Crippen molar-refractivity contribution in [1.82, 2.24) is 0 Å². The summed E-state index contributed by atoms with van der Waals surface area (Å²) in [4.78, 5) is 13.3. The molecule has 0 bridgehead atoms. The number of nitrogens with two attached hydrogens (primary N) is 1. The molecule has 2 N–H and O–H groups in total. The van der Waals surface area contributed by atoms with Crippen molar-refractivity contribution in [3.8, 4) is 0 Å². The molecule has 1 aliphatic rings. The van der Waals surface area contributed by atoms with Gasteiger partial charge in [0.05, 0.1) is 5.69 Å². The summed E-state index contributed by atoms with van der Waals surface area (Å²) in [6.07, 6.45) is 0. The van der Waals surface area contributed by atoms with E-state index >= 15 is 0 Å². The normalized spacial score (nSPS) is 20.1. The van der Waals surface area contributed by atoms with Crippen molar-refractivity contribution < 1.29 is 4.79 Å². The molecule has 74 valence electrons. The Hall–Kier alpha value is -1.35. The van der Waals surface area contributed by atoms with Crippen LogP contribution in [0.25, 0.3) is 0 Å². The quantitative estimate of drug-likeness (QED) is 0.669. The monoisotopic (exact) mass is 190 g/mol. The van der Waals surface area contributed by atoms with Crippen molar-refractivity contribution in [2.75, 3.05) is 11.9 Å². The molecular formula is C11H14N2O. The molecule has 1 aromatic carbocycles. The third-order valence-electron chi connectivity index (χ3n) is 3.00. The van der Waals surface area contributed by atoms with Crippen LogP contribution >= 0.6 is 0 Å². The van der Waals surface area contributed by atoms with Crippen LogP contribution in [-0.4, -0.2) is 13.0 Å². The zero-order valence-electron chi connectivity index (χ0n) is 8.66. The fourth-order valence-corrected chi connectivity index (χ4v) is 1.97. The van der Waals surface area contributed by atoms with Crippen molar-refractivity contribution in [3.63, 3.8) is 0 Å². The van der Waals surface area contributed by atoms with E-state index in [1.807, 2.05) is 26.0 Å². The van der Waals surface area contributed by atoms with Crippen LogP contribution in [0.15, 0.2) is 12.1 Å². The molecule has 3 heteroatoms. The number of hydrogen-bond donors (Lipinski definition) is 1. The number of carbonyl (C=O) groups is 1. The molecule has 1 unspecified atom stereocenters. The number of likely N-dealkylation sites (N-methyl/N-ethyl adjacent to an activating group) is 1. The van der Waals surface area contributed by atoms with Gasteiger partial charge in [0.2, 0.25) is 5.91 Å². The Balaban J connectivity index is 2.70. The predicted octanol–water partition coefficient (Wildman–Crippen LogP) is 1.28. The standard InChI is InChI=1S/C11H14N2O/c1-6-4-5-8-9(12)11(14)13(3)10(8)7(6)2/h4-5,9H,12H2,1-3H3. The van der Waals surface area contributed by atoms with Gasteiger partial charge in [-0.05, 0) is 25.0 Å². The molecule has 1 aliphatic heterocycles. The van der Waals surface area contributed by atoms with E-state index in [0.29, 0.717) is 0 Å². The van der Waals surface area contributed by atoms with E-state index < -0.39 is 6.04 Å². The zero-order valence-corrected chi connectivity index (χ0v) is 8.66. The molecule has 3 nitrogen and oxygen atoms in total. The van der Waals surface area contributed by atoms with Gasteiger partial charge in [-0.1, -0.05) is 12.1 Å². The molecule has 0 saturated heterocycles. The fourth-order valence-electron chi connectivity index (χ4n) is 1.97. The largest absolute Gasteiger partial charge is 0.316 e. The smallest absolute Gasteiger partial charge is 0.248 e. The second-order valence-corrected chi connectivity index (χ2v) is 3.82. The predicted molar refractivity (Wildman–Crippen MR) is 56.3 cm³/mol. The lowest BCUT2D eigenvalue weighted by atomic mass is 10.0. The number of hydrogen-bond acceptors (Lipinski definition) is 2. The maximum atomic E-state index is 11.6. The van der Waals surface area contributed by atoms with E-state index in [0.717, 1.165) is 16.8 Å². The number of rotatable bonds is 0. The molecule has 0 radical (unpaired) electrons. The Morgan fingerprint density at radius 2 is 2.00 bits per heavy atom. The molecule has 0 fully saturated rings. The minimum Gasteiger partial charge on any atom is -0.316 e. The van der Waals surface area contributed by atoms with Crippen LogP contribution in [0.3, 0.4) is 0 Å². The van der Waals surface area contributed by atoms with Gasteiger partial charge in [0, 0.05) is 12.6 Å². The third kappa shape index (κ3) is 0.990. The van der Waals surface area contributed by atoms with Crippen LogP contribution in [0.4, 0.5) is 5.69 Å². The van der Waals surface area contributed by atoms with Gasteiger partial charge in [-0.25, -0.2) is 0 Å². The fraction of sp³-hybridized carbons (Fsp3) is 0.364. The number of nitrogens with zero attached hydrogens (tertiary/aromatic N) is 1. The molecule has 1 aromatic rings. The van der Waals surface area contributed by atoms with Gasteiger partial charge in [0.25, 0.3) is 0 Å². The van der Waals surface area contributed by atoms with Gasteiger partial charge in [0.1, 0.15) is 6.04 Å². The number of fused-ring (bicyclic) bond motifs is 1. The maximum Gasteiger partial charge on any atom is 0.248 e. The van der Waals surface area contributed by atoms with E-state index in [1.165, 1.54) is 5.56 Å². The van der Waals surface area contributed by atoms with Gasteiger partial charge in [-0.2, -0.15) is 0 Å². The molecule has 14 heavy (non-hydrogen) atoms. The first-order valence-electron chi connectivity index (χ1n) is 4.67. The summed E-state index contributed by atoms with van der Waals surface area (Å²) in [5.74, 6) is -0.0197. The van der Waals surface area contributed by atoms with Crippen molar-refractivity contribution in [3.05, 3.63) is 28.8 Å². The first kappa shape index (κ1) is 9.21. The molecule has 2 rings (SSSR count). The van der Waals surface area contributed by atoms with Crippen molar-refractivity contribution >= 4 is 11.6 Å². The molecule has 1 heterocycles. The van der Waals surface area contributed by atoms with Crippen molar-refractivity contribution in [2.45, 2.75) is 19.9 Å². The number of carbonyl (C=O) groups excluding carboxylic acids is 1. The summed E-state index contributed by atoms with van der Waals surface area (Å²) < 4.78 is 0. The second-order valence-electron chi connectivity index (χ2n) is 3.82. The van der Waals surface area contributed by atoms with Crippen molar-refractivity contribution in [1.29, 1.82) is 0 Å². The SMILES string of the molecule is Cc1ccc2c(c1C)N(C)C(=O)C2N. The minimum atomic E-state index is -0.478. The van der Waals surface area contributed by atoms with Gasteiger partial charge in [-0.15, -0.1) is 0 Å². The van der Waals surface area contributed by atoms with Gasteiger partial charge < -0.3 is 10.6 Å². The van der Waals surface area contributed by atoms with E-state index in [9.17, 15) is 4.79 Å². The first-order valence-corrected chi connectivity index (χ1v) is 4.67. The van der Waals surface area contributed by atoms with E-state index in [2.05, 4.69) is 0 Å². The molecule has 0 spiro atoms. The summed E-state index contributed by atoms with van der Waals surface area (Å²) in [5, 5.41) is 0. The van der Waals surface area contributed by atoms with Crippen LogP contribution in [0.2, 0.25) is 0 Å². The van der Waals surface area contributed by atoms with Crippen LogP contribution < -0.4 is 10.6 Å². The highest BCUT2D eigenvalue weighted by atomic mass is 16.2. The van der Waals surface area contributed by atoms with Crippen molar-refractivity contribution in [2.24, 2.45) is 5.73 Å². The van der Waals surface area contributed by atoms with Gasteiger partial charge >= 0.3 is 0 Å². The molecule has 0 aromatic heterocycles. The third-order valence-corrected chi connectivity index (χ3v) is 3.00. The lowest BCUT2D eigenvalue weighted by molar-refractivity contribution is -0.118. The highest BCUT2D eigenvalue weighted by Crippen LogP contribution is 2.37. The van der Waals surface area contributed by atoms with Crippen LogP contribution in [-0.2, 0) is 4.79 Å². The molecular weight excluding hydrogens is 176 g/mol. The number of aryl methyl sites for hydroxylation is 1. The maximum absolute atomic E-state index is 11.6. The molecule has 0 aliphatic carbocycles. The average Bonchev–Trinajstić information content (AvgIpc) is 2.38. The molecule has 1 amide bonds. The van der Waals surface area contributed by atoms with Crippen LogP contribution in [0.1, 0.15) is 22.7 Å². The van der Waals surface area contributed by atoms with Gasteiger partial charge in [-0.3, -0.25) is 4.79 Å². The lowest BCUT2D eigenvalue weighted by Gasteiger charge is -2.14. The summed E-state index contributed by atoms with van der Waals surface area (Å²) in [6.45, 7) is 4.06. The molecule has 0 saturated carbocycles. The van der Waals surface area contributed by atoms with E-state index in [1.54, 1.807) is 11.9 Å². The summed E-state index contributed by atoms with van der Waals surface area (Å²) in [6, 6.07) is 3.48. The first-order chi connectivity index (χ1) is 6.54. The average molecular weight is 190 g/mol. The Morgan fingerprint density at radius 3 is 2.64 bits per heavy atom. The Kier molecular flexibility index (Phi) is 1.86. The Morgan fingerprint density at radius 1 is 1.36 bits per heavy atom. The molecule has 1 atom stereocenters. The van der Waals surface area contributed by atoms with Crippen LogP contribution in [0.5, 0.6) is 0 Å². The van der Waals surface area contributed by atoms with E-state index in [-0.39, 0.29) is 5.91 Å².